The summed E-state index contributed by atoms with van der Waals surface area (Å²) in [6, 6.07) is 2.28. The number of aliphatic carboxylic acids is 1. The molecule has 0 saturated carbocycles. The zero-order valence-corrected chi connectivity index (χ0v) is 26.3. The molecule has 242 valence electrons. The van der Waals surface area contributed by atoms with Gasteiger partial charge in [0.25, 0.3) is 0 Å². The Bertz CT molecular complexity index is 1290. The molecule has 1 saturated heterocycles. The van der Waals surface area contributed by atoms with Crippen LogP contribution >= 0.6 is 0 Å². The van der Waals surface area contributed by atoms with E-state index in [9.17, 15) is 29.1 Å². The van der Waals surface area contributed by atoms with E-state index in [1.165, 1.54) is 0 Å². The lowest BCUT2D eigenvalue weighted by Crippen LogP contribution is -2.60. The maximum Gasteiger partial charge on any atom is 0.410 e. The molecule has 0 aromatic heterocycles. The highest BCUT2D eigenvalue weighted by Gasteiger charge is 2.47. The topological polar surface area (TPSA) is 164 Å². The SMILES string of the molecule is CC(C)(C)OC(=O)NC1COCCCc2cccc3c2CN(C3)C(=O)OC2CC(C(=O)O)N(C2)C(=O)C(C(C)(C)C)NC1=O. The van der Waals surface area contributed by atoms with Crippen LogP contribution in [-0.4, -0.2) is 94.5 Å². The molecule has 0 aliphatic carbocycles. The molecule has 0 radical (unpaired) electrons. The monoisotopic (exact) mass is 616 g/mol. The molecular formula is C31H44N4O9. The normalized spacial score (nSPS) is 25.4. The van der Waals surface area contributed by atoms with E-state index in [-0.39, 0.29) is 26.2 Å². The van der Waals surface area contributed by atoms with E-state index in [2.05, 4.69) is 10.6 Å². The van der Waals surface area contributed by atoms with Crippen molar-refractivity contribution in [1.82, 2.24) is 20.4 Å². The Morgan fingerprint density at radius 3 is 2.43 bits per heavy atom. The first-order chi connectivity index (χ1) is 20.5. The Kier molecular flexibility index (Phi) is 9.77. The molecule has 13 nitrogen and oxygen atoms in total. The molecule has 3 aliphatic rings. The summed E-state index contributed by atoms with van der Waals surface area (Å²) in [6.07, 6.45) is -1.03. The molecule has 4 rings (SSSR count). The maximum atomic E-state index is 13.9. The number of carboxylic acids is 1. The summed E-state index contributed by atoms with van der Waals surface area (Å²) in [5.74, 6) is -2.56. The molecule has 3 N–H and O–H groups in total. The van der Waals surface area contributed by atoms with E-state index in [0.717, 1.165) is 21.6 Å². The molecule has 4 atom stereocenters. The summed E-state index contributed by atoms with van der Waals surface area (Å²) in [7, 11) is 0. The number of aryl methyl sites for hydroxylation is 1. The van der Waals surface area contributed by atoms with Gasteiger partial charge < -0.3 is 34.9 Å². The number of carbonyl (C=O) groups excluding carboxylic acids is 4. The third kappa shape index (κ3) is 7.99. The van der Waals surface area contributed by atoms with Crippen molar-refractivity contribution in [2.24, 2.45) is 5.41 Å². The van der Waals surface area contributed by atoms with Crippen LogP contribution in [0.25, 0.3) is 0 Å². The van der Waals surface area contributed by atoms with E-state index in [1.54, 1.807) is 46.4 Å². The number of hydrogen-bond donors (Lipinski definition) is 3. The zero-order valence-electron chi connectivity index (χ0n) is 26.3. The molecule has 4 unspecified atom stereocenters. The quantitative estimate of drug-likeness (QED) is 0.453. The van der Waals surface area contributed by atoms with Gasteiger partial charge in [0, 0.05) is 26.1 Å². The van der Waals surface area contributed by atoms with Crippen molar-refractivity contribution in [3.05, 3.63) is 34.9 Å². The first kappa shape index (κ1) is 33.0. The van der Waals surface area contributed by atoms with Crippen molar-refractivity contribution in [3.8, 4) is 0 Å². The second kappa shape index (κ2) is 13.0. The minimum atomic E-state index is -1.26. The van der Waals surface area contributed by atoms with Crippen LogP contribution < -0.4 is 10.6 Å². The molecule has 4 amide bonds. The van der Waals surface area contributed by atoms with Gasteiger partial charge in [-0.25, -0.2) is 14.4 Å². The van der Waals surface area contributed by atoms with Gasteiger partial charge in [-0.15, -0.1) is 0 Å². The smallest absolute Gasteiger partial charge is 0.410 e. The lowest BCUT2D eigenvalue weighted by atomic mass is 9.85. The second-order valence-corrected chi connectivity index (χ2v) is 13.7. The minimum Gasteiger partial charge on any atom is -0.480 e. The summed E-state index contributed by atoms with van der Waals surface area (Å²) in [5.41, 5.74) is 1.45. The fourth-order valence-electron chi connectivity index (χ4n) is 5.69. The summed E-state index contributed by atoms with van der Waals surface area (Å²) in [5, 5.41) is 15.3. The Labute approximate surface area is 257 Å². The average Bonchev–Trinajstić information content (AvgIpc) is 3.53. The highest BCUT2D eigenvalue weighted by molar-refractivity contribution is 5.94. The third-order valence-corrected chi connectivity index (χ3v) is 7.86. The molecule has 3 heterocycles. The van der Waals surface area contributed by atoms with Gasteiger partial charge in [-0.2, -0.15) is 0 Å². The molecule has 3 aliphatic heterocycles. The van der Waals surface area contributed by atoms with Crippen molar-refractivity contribution < 1.29 is 43.3 Å². The van der Waals surface area contributed by atoms with Crippen molar-refractivity contribution in [2.75, 3.05) is 19.8 Å². The van der Waals surface area contributed by atoms with Crippen molar-refractivity contribution in [1.29, 1.82) is 0 Å². The zero-order chi connectivity index (χ0) is 32.4. The number of amides is 4. The number of rotatable bonds is 2. The average molecular weight is 617 g/mol. The fraction of sp³-hybridized carbons (Fsp3) is 0.645. The van der Waals surface area contributed by atoms with E-state index in [4.69, 9.17) is 14.2 Å². The summed E-state index contributed by atoms with van der Waals surface area (Å²) in [6.45, 7) is 11.0. The summed E-state index contributed by atoms with van der Waals surface area (Å²) >= 11 is 0. The Balaban J connectivity index is 1.64. The van der Waals surface area contributed by atoms with Crippen LogP contribution in [0.2, 0.25) is 0 Å². The van der Waals surface area contributed by atoms with Crippen LogP contribution in [0.3, 0.4) is 0 Å². The molecular weight excluding hydrogens is 572 g/mol. The van der Waals surface area contributed by atoms with Crippen molar-refractivity contribution >= 4 is 30.0 Å². The first-order valence-corrected chi connectivity index (χ1v) is 15.0. The van der Waals surface area contributed by atoms with Crippen LogP contribution in [0.15, 0.2) is 18.2 Å². The summed E-state index contributed by atoms with van der Waals surface area (Å²) < 4.78 is 16.9. The van der Waals surface area contributed by atoms with Crippen LogP contribution in [0.5, 0.6) is 0 Å². The largest absolute Gasteiger partial charge is 0.480 e. The lowest BCUT2D eigenvalue weighted by molar-refractivity contribution is -0.151. The van der Waals surface area contributed by atoms with E-state index in [1.807, 2.05) is 18.2 Å². The van der Waals surface area contributed by atoms with Gasteiger partial charge in [0.2, 0.25) is 11.8 Å². The number of nitrogens with one attached hydrogen (secondary N) is 2. The minimum absolute atomic E-state index is 0.0830. The number of ether oxygens (including phenoxy) is 3. The summed E-state index contributed by atoms with van der Waals surface area (Å²) in [4.78, 5) is 68.3. The number of nitrogens with zero attached hydrogens (tertiary/aromatic N) is 2. The van der Waals surface area contributed by atoms with E-state index >= 15 is 0 Å². The van der Waals surface area contributed by atoms with Gasteiger partial charge in [-0.3, -0.25) is 14.5 Å². The van der Waals surface area contributed by atoms with E-state index in [0.29, 0.717) is 25.9 Å². The Morgan fingerprint density at radius 2 is 1.77 bits per heavy atom. The van der Waals surface area contributed by atoms with Crippen LogP contribution in [0, 0.1) is 5.41 Å². The Hall–Kier alpha value is -3.87. The first-order valence-electron chi connectivity index (χ1n) is 15.0. The van der Waals surface area contributed by atoms with Gasteiger partial charge in [0.1, 0.15) is 29.8 Å². The maximum absolute atomic E-state index is 13.9. The van der Waals surface area contributed by atoms with Crippen molar-refractivity contribution in [3.63, 3.8) is 0 Å². The fourth-order valence-corrected chi connectivity index (χ4v) is 5.69. The molecule has 1 fully saturated rings. The van der Waals surface area contributed by atoms with E-state index < -0.39 is 65.2 Å². The molecule has 1 aromatic rings. The van der Waals surface area contributed by atoms with Crippen LogP contribution in [0.1, 0.15) is 71.1 Å². The van der Waals surface area contributed by atoms with Gasteiger partial charge in [0.15, 0.2) is 0 Å². The number of carboxylic acid groups (broad SMARTS) is 1. The second-order valence-electron chi connectivity index (χ2n) is 13.7. The lowest BCUT2D eigenvalue weighted by Gasteiger charge is -2.35. The standard InChI is InChI=1S/C31H44N4O9/c1-30(2,3)24-26(37)35-15-20(13-23(35)27(38)39)43-29(41)34-14-19-10-7-9-18(21(19)16-34)11-8-12-42-17-22(25(36)33-24)32-28(40)44-31(4,5)6/h7,9-10,20,22-24H,8,11-17H2,1-6H3,(H,32,40)(H,33,36)(H,38,39). The van der Waals surface area contributed by atoms with Gasteiger partial charge in [-0.05, 0) is 55.7 Å². The number of hydrogen-bond acceptors (Lipinski definition) is 8. The van der Waals surface area contributed by atoms with Gasteiger partial charge >= 0.3 is 18.2 Å². The van der Waals surface area contributed by atoms with Crippen LogP contribution in [0.4, 0.5) is 9.59 Å². The molecule has 44 heavy (non-hydrogen) atoms. The predicted octanol–water partition coefficient (Wildman–Crippen LogP) is 2.58. The number of carbonyl (C=O) groups is 5. The molecule has 0 spiro atoms. The molecule has 13 heteroatoms. The van der Waals surface area contributed by atoms with Gasteiger partial charge in [0.05, 0.1) is 13.2 Å². The number of fused-ring (bicyclic) bond motifs is 3. The highest BCUT2D eigenvalue weighted by atomic mass is 16.6. The van der Waals surface area contributed by atoms with Crippen LogP contribution in [-0.2, 0) is 48.1 Å². The Morgan fingerprint density at radius 1 is 1.07 bits per heavy atom. The third-order valence-electron chi connectivity index (χ3n) is 7.86. The highest BCUT2D eigenvalue weighted by Crippen LogP contribution is 2.30. The van der Waals surface area contributed by atoms with Crippen molar-refractivity contribution in [2.45, 2.75) is 104 Å². The molecule has 4 bridgehead atoms. The number of alkyl carbamates (subject to hydrolysis) is 1. The number of benzene rings is 1. The van der Waals surface area contributed by atoms with Gasteiger partial charge in [-0.1, -0.05) is 39.0 Å². The predicted molar refractivity (Wildman–Crippen MR) is 157 cm³/mol. The molecule has 1 aromatic carbocycles.